The lowest BCUT2D eigenvalue weighted by Crippen LogP contribution is -2.29. The Bertz CT molecular complexity index is 1100. The molecule has 2 heterocycles. The quantitative estimate of drug-likeness (QED) is 0.534. The zero-order valence-electron chi connectivity index (χ0n) is 15.8. The number of benzene rings is 1. The summed E-state index contributed by atoms with van der Waals surface area (Å²) in [5.41, 5.74) is 1.90. The number of aromatic nitrogens is 2. The third-order valence-electron chi connectivity index (χ3n) is 5.13. The SMILES string of the molecule is CCOC(=O)c1nc2sc3c(c2c(=O)n1Cc1ccc(Br)cc1)CCC(C)C3. The first-order valence-electron chi connectivity index (χ1n) is 9.44. The zero-order valence-corrected chi connectivity index (χ0v) is 18.2. The summed E-state index contributed by atoms with van der Waals surface area (Å²) < 4.78 is 7.61. The van der Waals surface area contributed by atoms with Crippen molar-refractivity contribution >= 4 is 43.5 Å². The summed E-state index contributed by atoms with van der Waals surface area (Å²) in [5.74, 6) is 0.127. The van der Waals surface area contributed by atoms with Crippen LogP contribution in [0.25, 0.3) is 10.2 Å². The second-order valence-corrected chi connectivity index (χ2v) is 9.20. The number of halogens is 1. The number of carbonyl (C=O) groups is 1. The van der Waals surface area contributed by atoms with Crippen molar-refractivity contribution < 1.29 is 9.53 Å². The van der Waals surface area contributed by atoms with Crippen LogP contribution in [0.4, 0.5) is 0 Å². The van der Waals surface area contributed by atoms with Crippen LogP contribution in [0, 0.1) is 5.92 Å². The summed E-state index contributed by atoms with van der Waals surface area (Å²) >= 11 is 4.97. The first-order valence-corrected chi connectivity index (χ1v) is 11.1. The molecule has 1 atom stereocenters. The normalized spacial score (nSPS) is 16.2. The molecule has 1 unspecified atom stereocenters. The lowest BCUT2D eigenvalue weighted by molar-refractivity contribution is 0.0505. The predicted molar refractivity (Wildman–Crippen MR) is 114 cm³/mol. The molecule has 5 nitrogen and oxygen atoms in total. The fourth-order valence-corrected chi connectivity index (χ4v) is 5.33. The molecule has 28 heavy (non-hydrogen) atoms. The van der Waals surface area contributed by atoms with Gasteiger partial charge in [-0.25, -0.2) is 9.78 Å². The van der Waals surface area contributed by atoms with E-state index in [1.165, 1.54) is 9.44 Å². The van der Waals surface area contributed by atoms with Crippen molar-refractivity contribution in [2.45, 2.75) is 39.7 Å². The molecule has 0 saturated heterocycles. The van der Waals surface area contributed by atoms with E-state index in [9.17, 15) is 9.59 Å². The van der Waals surface area contributed by atoms with Crippen LogP contribution in [0.15, 0.2) is 33.5 Å². The first-order chi connectivity index (χ1) is 13.5. The molecule has 146 valence electrons. The fraction of sp³-hybridized carbons (Fsp3) is 0.381. The predicted octanol–water partition coefficient (Wildman–Crippen LogP) is 4.57. The van der Waals surface area contributed by atoms with Crippen LogP contribution in [0.2, 0.25) is 0 Å². The number of aryl methyl sites for hydroxylation is 1. The Morgan fingerprint density at radius 2 is 2.11 bits per heavy atom. The van der Waals surface area contributed by atoms with E-state index < -0.39 is 5.97 Å². The Morgan fingerprint density at radius 3 is 2.82 bits per heavy atom. The molecule has 2 aromatic heterocycles. The maximum atomic E-state index is 13.5. The van der Waals surface area contributed by atoms with Gasteiger partial charge >= 0.3 is 5.97 Å². The Hall–Kier alpha value is -1.99. The fourth-order valence-electron chi connectivity index (χ4n) is 3.69. The molecule has 0 bridgehead atoms. The van der Waals surface area contributed by atoms with Crippen LogP contribution in [0.1, 0.15) is 46.9 Å². The van der Waals surface area contributed by atoms with Gasteiger partial charge in [0.1, 0.15) is 4.83 Å². The third-order valence-corrected chi connectivity index (χ3v) is 6.80. The van der Waals surface area contributed by atoms with E-state index in [4.69, 9.17) is 4.74 Å². The van der Waals surface area contributed by atoms with Crippen molar-refractivity contribution in [1.29, 1.82) is 0 Å². The second kappa shape index (κ2) is 7.79. The van der Waals surface area contributed by atoms with Crippen LogP contribution < -0.4 is 5.56 Å². The van der Waals surface area contributed by atoms with E-state index in [0.717, 1.165) is 34.9 Å². The Labute approximate surface area is 175 Å². The van der Waals surface area contributed by atoms with E-state index in [-0.39, 0.29) is 24.5 Å². The minimum absolute atomic E-state index is 0.0777. The van der Waals surface area contributed by atoms with Gasteiger partial charge in [0, 0.05) is 9.35 Å². The maximum Gasteiger partial charge on any atom is 0.374 e. The van der Waals surface area contributed by atoms with Crippen LogP contribution in [0.5, 0.6) is 0 Å². The smallest absolute Gasteiger partial charge is 0.374 e. The maximum absolute atomic E-state index is 13.5. The van der Waals surface area contributed by atoms with Crippen molar-refractivity contribution in [1.82, 2.24) is 9.55 Å². The van der Waals surface area contributed by atoms with Gasteiger partial charge in [0.25, 0.3) is 5.56 Å². The molecule has 1 aliphatic carbocycles. The number of esters is 1. The van der Waals surface area contributed by atoms with Gasteiger partial charge in [-0.15, -0.1) is 11.3 Å². The van der Waals surface area contributed by atoms with E-state index >= 15 is 0 Å². The largest absolute Gasteiger partial charge is 0.460 e. The summed E-state index contributed by atoms with van der Waals surface area (Å²) in [6.07, 6.45) is 2.94. The number of fused-ring (bicyclic) bond motifs is 3. The lowest BCUT2D eigenvalue weighted by Gasteiger charge is -2.17. The number of carbonyl (C=O) groups excluding carboxylic acids is 1. The molecule has 3 aromatic rings. The number of thiophene rings is 1. The number of rotatable bonds is 4. The van der Waals surface area contributed by atoms with E-state index in [1.807, 2.05) is 24.3 Å². The van der Waals surface area contributed by atoms with Crippen molar-refractivity contribution in [2.24, 2.45) is 5.92 Å². The summed E-state index contributed by atoms with van der Waals surface area (Å²) in [7, 11) is 0. The number of hydrogen-bond acceptors (Lipinski definition) is 5. The van der Waals surface area contributed by atoms with Gasteiger partial charge in [-0.05, 0) is 55.4 Å². The number of hydrogen-bond donors (Lipinski definition) is 0. The molecule has 0 spiro atoms. The van der Waals surface area contributed by atoms with Gasteiger partial charge in [-0.1, -0.05) is 35.0 Å². The van der Waals surface area contributed by atoms with Gasteiger partial charge in [0.2, 0.25) is 5.82 Å². The summed E-state index contributed by atoms with van der Waals surface area (Å²) in [5, 5.41) is 0.678. The Morgan fingerprint density at radius 1 is 1.36 bits per heavy atom. The van der Waals surface area contributed by atoms with Crippen molar-refractivity contribution in [3.8, 4) is 0 Å². The topological polar surface area (TPSA) is 61.2 Å². The van der Waals surface area contributed by atoms with Gasteiger partial charge in [-0.2, -0.15) is 0 Å². The minimum atomic E-state index is -0.557. The molecule has 7 heteroatoms. The van der Waals surface area contributed by atoms with Crippen LogP contribution in [-0.2, 0) is 24.1 Å². The zero-order chi connectivity index (χ0) is 19.8. The molecular formula is C21H21BrN2O3S. The van der Waals surface area contributed by atoms with Crippen molar-refractivity contribution in [2.75, 3.05) is 6.61 Å². The summed E-state index contributed by atoms with van der Waals surface area (Å²) in [6, 6.07) is 7.70. The van der Waals surface area contributed by atoms with Gasteiger partial charge in [-0.3, -0.25) is 9.36 Å². The summed E-state index contributed by atoms with van der Waals surface area (Å²) in [4.78, 5) is 32.5. The van der Waals surface area contributed by atoms with Gasteiger partial charge < -0.3 is 4.74 Å². The highest BCUT2D eigenvalue weighted by Gasteiger charge is 2.26. The van der Waals surface area contributed by atoms with Crippen molar-refractivity contribution in [3.63, 3.8) is 0 Å². The summed E-state index contributed by atoms with van der Waals surface area (Å²) in [6.45, 7) is 4.50. The van der Waals surface area contributed by atoms with E-state index in [2.05, 4.69) is 27.8 Å². The molecule has 0 radical (unpaired) electrons. The van der Waals surface area contributed by atoms with E-state index in [1.54, 1.807) is 18.3 Å². The Balaban J connectivity index is 1.90. The van der Waals surface area contributed by atoms with Crippen LogP contribution in [-0.4, -0.2) is 22.1 Å². The molecule has 4 rings (SSSR count). The highest BCUT2D eigenvalue weighted by molar-refractivity contribution is 9.10. The molecule has 1 aliphatic rings. The molecule has 0 amide bonds. The van der Waals surface area contributed by atoms with E-state index in [0.29, 0.717) is 16.1 Å². The van der Waals surface area contributed by atoms with Crippen molar-refractivity contribution in [3.05, 3.63) is 60.9 Å². The first kappa shape index (κ1) is 19.3. The highest BCUT2D eigenvalue weighted by Crippen LogP contribution is 2.36. The second-order valence-electron chi connectivity index (χ2n) is 7.21. The standard InChI is InChI=1S/C21H21BrN2O3S/c1-3-27-21(26)18-23-19-17(15-9-4-12(2)10-16(15)28-19)20(25)24(18)11-13-5-7-14(22)8-6-13/h5-8,12H,3-4,9-11H2,1-2H3. The van der Waals surface area contributed by atoms with Gasteiger partial charge in [0.05, 0.1) is 18.5 Å². The van der Waals surface area contributed by atoms with Gasteiger partial charge in [0.15, 0.2) is 0 Å². The molecule has 0 aliphatic heterocycles. The minimum Gasteiger partial charge on any atom is -0.460 e. The monoisotopic (exact) mass is 460 g/mol. The lowest BCUT2D eigenvalue weighted by atomic mass is 9.89. The average molecular weight is 461 g/mol. The Kier molecular flexibility index (Phi) is 5.38. The molecule has 0 saturated carbocycles. The number of ether oxygens (including phenoxy) is 1. The molecule has 0 N–H and O–H groups in total. The average Bonchev–Trinajstić information content (AvgIpc) is 3.03. The van der Waals surface area contributed by atoms with Crippen LogP contribution in [0.3, 0.4) is 0 Å². The molecule has 0 fully saturated rings. The number of nitrogens with zero attached hydrogens (tertiary/aromatic N) is 2. The molecular weight excluding hydrogens is 440 g/mol. The third kappa shape index (κ3) is 3.53. The highest BCUT2D eigenvalue weighted by atomic mass is 79.9. The van der Waals surface area contributed by atoms with Crippen LogP contribution >= 0.6 is 27.3 Å². The molecule has 1 aromatic carbocycles.